The van der Waals surface area contributed by atoms with Crippen molar-refractivity contribution in [3.05, 3.63) is 51.7 Å². The number of nitrogens with one attached hydrogen (secondary N) is 1. The Morgan fingerprint density at radius 1 is 1.30 bits per heavy atom. The Morgan fingerprint density at radius 3 is 2.80 bits per heavy atom. The van der Waals surface area contributed by atoms with Crippen LogP contribution in [0.4, 0.5) is 0 Å². The van der Waals surface area contributed by atoms with Crippen molar-refractivity contribution in [3.63, 3.8) is 0 Å². The second kappa shape index (κ2) is 7.46. The summed E-state index contributed by atoms with van der Waals surface area (Å²) < 4.78 is 5.89. The van der Waals surface area contributed by atoms with Gasteiger partial charge in [-0.25, -0.2) is 0 Å². The van der Waals surface area contributed by atoms with Gasteiger partial charge < -0.3 is 10.1 Å². The van der Waals surface area contributed by atoms with E-state index >= 15 is 0 Å². The van der Waals surface area contributed by atoms with Crippen LogP contribution in [0.25, 0.3) is 0 Å². The van der Waals surface area contributed by atoms with E-state index in [2.05, 4.69) is 61.8 Å². The summed E-state index contributed by atoms with van der Waals surface area (Å²) in [5.41, 5.74) is 2.52. The highest BCUT2D eigenvalue weighted by molar-refractivity contribution is 7.09. The van der Waals surface area contributed by atoms with Crippen LogP contribution >= 0.6 is 11.3 Å². The summed E-state index contributed by atoms with van der Waals surface area (Å²) in [6.07, 6.45) is 1.16. The van der Waals surface area contributed by atoms with Crippen LogP contribution in [0.15, 0.2) is 35.7 Å². The molecule has 1 aromatic carbocycles. The molecule has 1 aromatic heterocycles. The minimum Gasteiger partial charge on any atom is -0.488 e. The van der Waals surface area contributed by atoms with Crippen molar-refractivity contribution >= 4 is 11.3 Å². The fourth-order valence-electron chi connectivity index (χ4n) is 2.13. The SMILES string of the molecule is CCCNC(C)c1ccc(OCc2cccs2)c(C)c1. The molecule has 0 aliphatic heterocycles. The number of hydrogen-bond donors (Lipinski definition) is 1. The van der Waals surface area contributed by atoms with Gasteiger partial charge >= 0.3 is 0 Å². The van der Waals surface area contributed by atoms with E-state index in [1.54, 1.807) is 11.3 Å². The lowest BCUT2D eigenvalue weighted by Crippen LogP contribution is -2.19. The number of hydrogen-bond acceptors (Lipinski definition) is 3. The highest BCUT2D eigenvalue weighted by Crippen LogP contribution is 2.24. The summed E-state index contributed by atoms with van der Waals surface area (Å²) in [7, 11) is 0. The van der Waals surface area contributed by atoms with E-state index in [1.165, 1.54) is 16.0 Å². The molecule has 1 heterocycles. The summed E-state index contributed by atoms with van der Waals surface area (Å²) in [6, 6.07) is 11.0. The number of rotatable bonds is 7. The maximum absolute atomic E-state index is 5.89. The standard InChI is InChI=1S/C17H23NOS/c1-4-9-18-14(3)15-7-8-17(13(2)11-15)19-12-16-6-5-10-20-16/h5-8,10-11,14,18H,4,9,12H2,1-3H3. The first-order valence-corrected chi connectivity index (χ1v) is 8.07. The predicted octanol–water partition coefficient (Wildman–Crippen LogP) is 4.70. The predicted molar refractivity (Wildman–Crippen MR) is 86.5 cm³/mol. The molecule has 1 atom stereocenters. The molecule has 3 heteroatoms. The molecule has 20 heavy (non-hydrogen) atoms. The third-order valence-corrected chi connectivity index (χ3v) is 4.20. The highest BCUT2D eigenvalue weighted by Gasteiger charge is 2.07. The normalized spacial score (nSPS) is 12.3. The average molecular weight is 289 g/mol. The first-order chi connectivity index (χ1) is 9.70. The minimum absolute atomic E-state index is 0.389. The molecule has 0 bridgehead atoms. The molecule has 0 amide bonds. The molecule has 0 radical (unpaired) electrons. The topological polar surface area (TPSA) is 21.3 Å². The Morgan fingerprint density at radius 2 is 2.15 bits per heavy atom. The lowest BCUT2D eigenvalue weighted by molar-refractivity contribution is 0.307. The van der Waals surface area contributed by atoms with Gasteiger partial charge in [-0.15, -0.1) is 11.3 Å². The number of ether oxygens (including phenoxy) is 1. The molecular weight excluding hydrogens is 266 g/mol. The van der Waals surface area contributed by atoms with Crippen LogP contribution in [-0.4, -0.2) is 6.54 Å². The maximum Gasteiger partial charge on any atom is 0.122 e. The Kier molecular flexibility index (Phi) is 5.62. The van der Waals surface area contributed by atoms with Crippen LogP contribution in [0.1, 0.15) is 42.3 Å². The third-order valence-electron chi connectivity index (χ3n) is 3.35. The van der Waals surface area contributed by atoms with Crippen LogP contribution < -0.4 is 10.1 Å². The molecule has 0 aliphatic carbocycles. The number of benzene rings is 1. The summed E-state index contributed by atoms with van der Waals surface area (Å²) in [4.78, 5) is 1.26. The zero-order valence-electron chi connectivity index (χ0n) is 12.5. The van der Waals surface area contributed by atoms with Crippen molar-refractivity contribution in [3.8, 4) is 5.75 Å². The molecule has 0 saturated carbocycles. The highest BCUT2D eigenvalue weighted by atomic mass is 32.1. The van der Waals surface area contributed by atoms with Crippen molar-refractivity contribution in [2.24, 2.45) is 0 Å². The first-order valence-electron chi connectivity index (χ1n) is 7.19. The van der Waals surface area contributed by atoms with Crippen LogP contribution in [0.3, 0.4) is 0 Å². The largest absolute Gasteiger partial charge is 0.488 e. The van der Waals surface area contributed by atoms with Gasteiger partial charge in [-0.3, -0.25) is 0 Å². The molecule has 108 valence electrons. The van der Waals surface area contributed by atoms with E-state index < -0.39 is 0 Å². The van der Waals surface area contributed by atoms with Gasteiger partial charge in [0.1, 0.15) is 12.4 Å². The number of aryl methyl sites for hydroxylation is 1. The molecule has 0 fully saturated rings. The van der Waals surface area contributed by atoms with Gasteiger partial charge in [0.25, 0.3) is 0 Å². The van der Waals surface area contributed by atoms with Gasteiger partial charge in [0.15, 0.2) is 0 Å². The van der Waals surface area contributed by atoms with Crippen molar-refractivity contribution in [1.82, 2.24) is 5.32 Å². The summed E-state index contributed by atoms with van der Waals surface area (Å²) in [5, 5.41) is 5.59. The fraction of sp³-hybridized carbons (Fsp3) is 0.412. The fourth-order valence-corrected chi connectivity index (χ4v) is 2.74. The van der Waals surface area contributed by atoms with Gasteiger partial charge in [-0.2, -0.15) is 0 Å². The lowest BCUT2D eigenvalue weighted by Gasteiger charge is -2.16. The molecule has 1 N–H and O–H groups in total. The van der Waals surface area contributed by atoms with E-state index in [0.717, 1.165) is 18.7 Å². The van der Waals surface area contributed by atoms with E-state index in [1.807, 2.05) is 0 Å². The lowest BCUT2D eigenvalue weighted by atomic mass is 10.0. The molecule has 2 aromatic rings. The Labute approximate surface area is 125 Å². The smallest absolute Gasteiger partial charge is 0.122 e. The van der Waals surface area contributed by atoms with Crippen molar-refractivity contribution in [2.75, 3.05) is 6.54 Å². The van der Waals surface area contributed by atoms with Crippen molar-refractivity contribution in [1.29, 1.82) is 0 Å². The molecule has 2 rings (SSSR count). The van der Waals surface area contributed by atoms with Gasteiger partial charge in [0.05, 0.1) is 0 Å². The van der Waals surface area contributed by atoms with Crippen LogP contribution in [0.5, 0.6) is 5.75 Å². The van der Waals surface area contributed by atoms with Crippen LogP contribution in [0, 0.1) is 6.92 Å². The second-order valence-corrected chi connectivity index (χ2v) is 6.10. The Balaban J connectivity index is 1.98. The van der Waals surface area contributed by atoms with E-state index in [4.69, 9.17) is 4.74 Å². The zero-order valence-corrected chi connectivity index (χ0v) is 13.3. The number of thiophene rings is 1. The van der Waals surface area contributed by atoms with Gasteiger partial charge in [-0.1, -0.05) is 25.1 Å². The third kappa shape index (κ3) is 4.09. The average Bonchev–Trinajstić information content (AvgIpc) is 2.96. The molecule has 2 nitrogen and oxygen atoms in total. The molecule has 0 saturated heterocycles. The maximum atomic E-state index is 5.89. The van der Waals surface area contributed by atoms with Crippen molar-refractivity contribution in [2.45, 2.75) is 39.8 Å². The van der Waals surface area contributed by atoms with Crippen LogP contribution in [0.2, 0.25) is 0 Å². The van der Waals surface area contributed by atoms with E-state index in [-0.39, 0.29) is 0 Å². The second-order valence-electron chi connectivity index (χ2n) is 5.07. The van der Waals surface area contributed by atoms with Gasteiger partial charge in [-0.05, 0) is 55.5 Å². The molecule has 0 aliphatic rings. The van der Waals surface area contributed by atoms with Crippen LogP contribution in [-0.2, 0) is 6.61 Å². The molecule has 1 unspecified atom stereocenters. The van der Waals surface area contributed by atoms with Gasteiger partial charge in [0, 0.05) is 10.9 Å². The first kappa shape index (κ1) is 15.1. The van der Waals surface area contributed by atoms with E-state index in [9.17, 15) is 0 Å². The minimum atomic E-state index is 0.389. The van der Waals surface area contributed by atoms with E-state index in [0.29, 0.717) is 12.6 Å². The summed E-state index contributed by atoms with van der Waals surface area (Å²) in [6.45, 7) is 8.21. The Hall–Kier alpha value is -1.32. The monoisotopic (exact) mass is 289 g/mol. The summed E-state index contributed by atoms with van der Waals surface area (Å²) in [5.74, 6) is 0.977. The summed E-state index contributed by atoms with van der Waals surface area (Å²) >= 11 is 1.73. The van der Waals surface area contributed by atoms with Gasteiger partial charge in [0.2, 0.25) is 0 Å². The molecular formula is C17H23NOS. The Bertz CT molecular complexity index is 522. The molecule has 0 spiro atoms. The zero-order chi connectivity index (χ0) is 14.4. The quantitative estimate of drug-likeness (QED) is 0.798. The van der Waals surface area contributed by atoms with Crippen molar-refractivity contribution < 1.29 is 4.74 Å².